The zero-order valence-electron chi connectivity index (χ0n) is 27.3. The van der Waals surface area contributed by atoms with E-state index in [0.717, 1.165) is 13.3 Å². The second kappa shape index (κ2) is 24.7. The topological polar surface area (TPSA) is 120 Å². The van der Waals surface area contributed by atoms with Gasteiger partial charge in [-0.15, -0.1) is 0 Å². The maximum atomic E-state index is 13.9. The average molecular weight is 672 g/mol. The second-order valence-electron chi connectivity index (χ2n) is 11.1. The van der Waals surface area contributed by atoms with Gasteiger partial charge in [0.15, 0.2) is 17.5 Å². The van der Waals surface area contributed by atoms with Crippen molar-refractivity contribution >= 4 is 11.9 Å². The Balaban J connectivity index is 1.82. The van der Waals surface area contributed by atoms with Gasteiger partial charge in [-0.25, -0.2) is 13.2 Å². The first kappa shape index (κ1) is 41.6. The van der Waals surface area contributed by atoms with Gasteiger partial charge < -0.3 is 43.2 Å². The third-order valence-electron chi connectivity index (χ3n) is 6.01. The van der Waals surface area contributed by atoms with Gasteiger partial charge in [0.2, 0.25) is 17.5 Å². The third kappa shape index (κ3) is 20.0. The molecule has 0 radical (unpaired) electrons. The minimum Gasteiger partial charge on any atom is -0.420 e. The molecule has 0 aromatic heterocycles. The van der Waals surface area contributed by atoms with E-state index in [1.165, 1.54) is 0 Å². The summed E-state index contributed by atoms with van der Waals surface area (Å²) >= 11 is 0. The molecule has 15 heteroatoms. The van der Waals surface area contributed by atoms with E-state index in [0.29, 0.717) is 85.6 Å². The highest BCUT2D eigenvalue weighted by Crippen LogP contribution is 2.29. The van der Waals surface area contributed by atoms with Gasteiger partial charge in [0.05, 0.1) is 98.9 Å². The molecule has 0 atom stereocenters. The minimum absolute atomic E-state index is 0.0113. The summed E-state index contributed by atoms with van der Waals surface area (Å²) in [6.45, 7) is 12.5. The van der Waals surface area contributed by atoms with Crippen molar-refractivity contribution in [2.75, 3.05) is 99.0 Å². The van der Waals surface area contributed by atoms with Crippen molar-refractivity contribution in [1.29, 1.82) is 0 Å². The summed E-state index contributed by atoms with van der Waals surface area (Å²) < 4.78 is 96.3. The molecule has 0 spiro atoms. The number of nitrogens with one attached hydrogen (secondary N) is 1. The second-order valence-corrected chi connectivity index (χ2v) is 11.1. The lowest BCUT2D eigenvalue weighted by Crippen LogP contribution is -2.28. The molecule has 0 heterocycles. The van der Waals surface area contributed by atoms with Crippen molar-refractivity contribution in [3.63, 3.8) is 0 Å². The zero-order valence-corrected chi connectivity index (χ0v) is 27.3. The van der Waals surface area contributed by atoms with Gasteiger partial charge in [0.25, 0.3) is 0 Å². The van der Waals surface area contributed by atoms with E-state index in [2.05, 4.69) is 30.8 Å². The Bertz CT molecular complexity index is 982. The van der Waals surface area contributed by atoms with Crippen LogP contribution >= 0.6 is 0 Å². The highest BCUT2D eigenvalue weighted by atomic mass is 19.2. The molecule has 0 unspecified atom stereocenters. The molecule has 11 nitrogen and oxygen atoms in total. The van der Waals surface area contributed by atoms with Crippen LogP contribution in [0.5, 0.6) is 5.75 Å². The van der Waals surface area contributed by atoms with E-state index in [9.17, 15) is 27.2 Å². The van der Waals surface area contributed by atoms with E-state index in [1.54, 1.807) is 0 Å². The summed E-state index contributed by atoms with van der Waals surface area (Å²) in [5.74, 6) is -9.37. The molecule has 0 bridgehead atoms. The van der Waals surface area contributed by atoms with Gasteiger partial charge in [-0.1, -0.05) is 20.8 Å². The first-order chi connectivity index (χ1) is 21.9. The van der Waals surface area contributed by atoms with Gasteiger partial charge in [0.1, 0.15) is 0 Å². The van der Waals surface area contributed by atoms with Gasteiger partial charge in [0, 0.05) is 18.5 Å². The lowest BCUT2D eigenvalue weighted by atomic mass is 9.92. The van der Waals surface area contributed by atoms with E-state index in [1.807, 2.05) is 0 Å². The molecule has 0 fully saturated rings. The molecule has 0 aliphatic rings. The number of ether oxygens (including phenoxy) is 8. The van der Waals surface area contributed by atoms with Gasteiger partial charge in [-0.05, 0) is 18.8 Å². The molecule has 46 heavy (non-hydrogen) atoms. The fourth-order valence-corrected chi connectivity index (χ4v) is 3.39. The summed E-state index contributed by atoms with van der Waals surface area (Å²) in [6, 6.07) is 0. The van der Waals surface area contributed by atoms with Crippen LogP contribution in [0.15, 0.2) is 0 Å². The van der Waals surface area contributed by atoms with Crippen molar-refractivity contribution in [3.05, 3.63) is 28.8 Å². The number of halogens is 4. The SMILES string of the molecule is Cc1c(F)c(F)c(F)c(OC(=O)CCOCCOCCOCCOCCOCCOCCOCCC(=O)NCCC(C)(C)C)c1F. The van der Waals surface area contributed by atoms with Crippen molar-refractivity contribution in [3.8, 4) is 5.75 Å². The first-order valence-electron chi connectivity index (χ1n) is 15.3. The minimum atomic E-state index is -1.92. The monoisotopic (exact) mass is 671 g/mol. The number of amides is 1. The third-order valence-corrected chi connectivity index (χ3v) is 6.01. The molecule has 1 rings (SSSR count). The van der Waals surface area contributed by atoms with Crippen molar-refractivity contribution in [2.45, 2.75) is 47.0 Å². The fraction of sp³-hybridized carbons (Fsp3) is 0.742. The maximum absolute atomic E-state index is 13.9. The van der Waals surface area contributed by atoms with Crippen LogP contribution in [0.1, 0.15) is 45.6 Å². The van der Waals surface area contributed by atoms with Crippen LogP contribution in [-0.4, -0.2) is 111 Å². The standard InChI is InChI=1S/C31H49F4NO10/c1-23-26(32)28(34)29(35)30(27(23)33)46-25(38)6-10-40-12-14-42-16-18-44-20-22-45-21-19-43-17-15-41-13-11-39-9-5-24(37)36-8-7-31(2,3)4/h5-22H2,1-4H3,(H,36,37). The van der Waals surface area contributed by atoms with Gasteiger partial charge >= 0.3 is 5.97 Å². The predicted molar refractivity (Wildman–Crippen MR) is 159 cm³/mol. The quantitative estimate of drug-likeness (QED) is 0.0368. The highest BCUT2D eigenvalue weighted by molar-refractivity contribution is 5.75. The summed E-state index contributed by atoms with van der Waals surface area (Å²) in [4.78, 5) is 23.5. The lowest BCUT2D eigenvalue weighted by molar-refractivity contribution is -0.136. The molecule has 1 aromatic carbocycles. The smallest absolute Gasteiger partial charge is 0.313 e. The normalized spacial score (nSPS) is 11.7. The highest BCUT2D eigenvalue weighted by Gasteiger charge is 2.26. The Labute approximate surface area is 268 Å². The van der Waals surface area contributed by atoms with Crippen LogP contribution in [0.2, 0.25) is 0 Å². The molecule has 1 N–H and O–H groups in total. The largest absolute Gasteiger partial charge is 0.420 e. The molecule has 0 saturated heterocycles. The van der Waals surface area contributed by atoms with Crippen LogP contribution in [0.4, 0.5) is 17.6 Å². The van der Waals surface area contributed by atoms with Crippen LogP contribution in [0.25, 0.3) is 0 Å². The summed E-state index contributed by atoms with van der Waals surface area (Å²) in [5, 5.41) is 2.89. The van der Waals surface area contributed by atoms with E-state index in [-0.39, 0.29) is 37.6 Å². The maximum Gasteiger partial charge on any atom is 0.313 e. The summed E-state index contributed by atoms with van der Waals surface area (Å²) in [6.07, 6.45) is 0.892. The Morgan fingerprint density at radius 1 is 0.565 bits per heavy atom. The Morgan fingerprint density at radius 3 is 1.37 bits per heavy atom. The molecule has 1 aromatic rings. The van der Waals surface area contributed by atoms with Crippen LogP contribution < -0.4 is 10.1 Å². The predicted octanol–water partition coefficient (Wildman–Crippen LogP) is 3.91. The molecule has 0 saturated carbocycles. The Kier molecular flexibility index (Phi) is 22.4. The van der Waals surface area contributed by atoms with Crippen LogP contribution in [-0.2, 0) is 42.7 Å². The Morgan fingerprint density at radius 2 is 0.957 bits per heavy atom. The fourth-order valence-electron chi connectivity index (χ4n) is 3.39. The molecule has 0 aliphatic heterocycles. The number of esters is 1. The molecule has 266 valence electrons. The van der Waals surface area contributed by atoms with E-state index in [4.69, 9.17) is 33.2 Å². The van der Waals surface area contributed by atoms with E-state index >= 15 is 0 Å². The van der Waals surface area contributed by atoms with Crippen molar-refractivity contribution < 1.29 is 65.0 Å². The zero-order chi connectivity index (χ0) is 34.2. The molecular weight excluding hydrogens is 622 g/mol. The number of hydrogen-bond acceptors (Lipinski definition) is 10. The first-order valence-corrected chi connectivity index (χ1v) is 15.3. The summed E-state index contributed by atoms with van der Waals surface area (Å²) in [5.41, 5.74) is -0.602. The summed E-state index contributed by atoms with van der Waals surface area (Å²) in [7, 11) is 0. The van der Waals surface area contributed by atoms with Crippen LogP contribution in [0.3, 0.4) is 0 Å². The average Bonchev–Trinajstić information content (AvgIpc) is 3.00. The Hall–Kier alpha value is -2.40. The number of hydrogen-bond donors (Lipinski definition) is 1. The number of carbonyl (C=O) groups excluding carboxylic acids is 2. The molecule has 0 aliphatic carbocycles. The molecule has 1 amide bonds. The van der Waals surface area contributed by atoms with Crippen molar-refractivity contribution in [2.24, 2.45) is 5.41 Å². The number of rotatable bonds is 27. The van der Waals surface area contributed by atoms with E-state index < -0.39 is 40.6 Å². The van der Waals surface area contributed by atoms with Gasteiger partial charge in [-0.3, -0.25) is 9.59 Å². The van der Waals surface area contributed by atoms with Crippen molar-refractivity contribution in [1.82, 2.24) is 5.32 Å². The molecular formula is C31H49F4NO10. The number of benzene rings is 1. The number of carbonyl (C=O) groups is 2. The van der Waals surface area contributed by atoms with Gasteiger partial charge in [-0.2, -0.15) is 4.39 Å². The van der Waals surface area contributed by atoms with Crippen LogP contribution in [0, 0.1) is 35.6 Å². The lowest BCUT2D eigenvalue weighted by Gasteiger charge is -2.17.